The zero-order valence-corrected chi connectivity index (χ0v) is 14.1. The third kappa shape index (κ3) is 4.34. The Labute approximate surface area is 134 Å². The van der Waals surface area contributed by atoms with Crippen LogP contribution in [0.4, 0.5) is 0 Å². The van der Waals surface area contributed by atoms with Gasteiger partial charge in [-0.25, -0.2) is 0 Å². The van der Waals surface area contributed by atoms with E-state index in [0.717, 1.165) is 28.1 Å². The van der Waals surface area contributed by atoms with Crippen molar-refractivity contribution in [1.29, 1.82) is 0 Å². The summed E-state index contributed by atoms with van der Waals surface area (Å²) < 4.78 is 1.01. The summed E-state index contributed by atoms with van der Waals surface area (Å²) in [7, 11) is 0. The lowest BCUT2D eigenvalue weighted by atomic mass is 10.0. The molecule has 0 spiro atoms. The molecule has 0 heterocycles. The van der Waals surface area contributed by atoms with Crippen molar-refractivity contribution < 1.29 is 0 Å². The minimum atomic E-state index is 0.582. The van der Waals surface area contributed by atoms with E-state index in [0.29, 0.717) is 5.92 Å². The summed E-state index contributed by atoms with van der Waals surface area (Å²) in [5.41, 5.74) is 3.79. The average molecular weight is 353 g/mol. The van der Waals surface area contributed by atoms with Gasteiger partial charge in [0, 0.05) is 22.6 Å². The molecule has 2 aromatic carbocycles. The molecule has 1 N–H and O–H groups in total. The van der Waals surface area contributed by atoms with Gasteiger partial charge in [0.1, 0.15) is 0 Å². The van der Waals surface area contributed by atoms with Gasteiger partial charge < -0.3 is 5.32 Å². The number of hydrogen-bond donors (Lipinski definition) is 1. The molecule has 0 radical (unpaired) electrons. The fourth-order valence-corrected chi connectivity index (χ4v) is 2.77. The lowest BCUT2D eigenvalue weighted by Crippen LogP contribution is -2.13. The van der Waals surface area contributed by atoms with E-state index in [2.05, 4.69) is 59.4 Å². The van der Waals surface area contributed by atoms with E-state index < -0.39 is 0 Å². The molecule has 0 unspecified atom stereocenters. The van der Waals surface area contributed by atoms with Gasteiger partial charge in [0.2, 0.25) is 0 Å². The van der Waals surface area contributed by atoms with Crippen molar-refractivity contribution in [3.63, 3.8) is 0 Å². The topological polar surface area (TPSA) is 12.0 Å². The van der Waals surface area contributed by atoms with Crippen molar-refractivity contribution in [1.82, 2.24) is 5.32 Å². The van der Waals surface area contributed by atoms with Crippen LogP contribution in [0.5, 0.6) is 0 Å². The van der Waals surface area contributed by atoms with Crippen molar-refractivity contribution in [2.45, 2.75) is 32.9 Å². The summed E-state index contributed by atoms with van der Waals surface area (Å²) in [5.74, 6) is 0.582. The van der Waals surface area contributed by atoms with Crippen molar-refractivity contribution in [3.8, 4) is 0 Å². The second kappa shape index (κ2) is 7.26. The van der Waals surface area contributed by atoms with Crippen LogP contribution in [0.15, 0.2) is 46.9 Å². The Morgan fingerprint density at radius 2 is 1.75 bits per heavy atom. The normalized spacial score (nSPS) is 11.1. The Bertz CT molecular complexity index is 564. The van der Waals surface area contributed by atoms with Gasteiger partial charge in [-0.15, -0.1) is 0 Å². The van der Waals surface area contributed by atoms with E-state index in [4.69, 9.17) is 11.6 Å². The quantitative estimate of drug-likeness (QED) is 0.747. The maximum Gasteiger partial charge on any atom is 0.0462 e. The van der Waals surface area contributed by atoms with Gasteiger partial charge in [-0.2, -0.15) is 0 Å². The Balaban J connectivity index is 1.89. The molecular weight excluding hydrogens is 334 g/mol. The SMILES string of the molecule is CC(C)c1ccc(CNCc2ccc(Br)cc2Cl)cc1. The highest BCUT2D eigenvalue weighted by Crippen LogP contribution is 2.21. The third-order valence-corrected chi connectivity index (χ3v) is 4.15. The number of hydrogen-bond acceptors (Lipinski definition) is 1. The molecule has 2 rings (SSSR count). The minimum Gasteiger partial charge on any atom is -0.309 e. The summed E-state index contributed by atoms with van der Waals surface area (Å²) in [6.07, 6.45) is 0. The maximum absolute atomic E-state index is 6.20. The van der Waals surface area contributed by atoms with Crippen molar-refractivity contribution in [3.05, 3.63) is 68.7 Å². The molecule has 0 saturated heterocycles. The van der Waals surface area contributed by atoms with E-state index >= 15 is 0 Å². The summed E-state index contributed by atoms with van der Waals surface area (Å²) in [6, 6.07) is 14.8. The highest BCUT2D eigenvalue weighted by Gasteiger charge is 2.02. The first-order valence-corrected chi connectivity index (χ1v) is 7.97. The van der Waals surface area contributed by atoms with Gasteiger partial charge in [-0.3, -0.25) is 0 Å². The van der Waals surface area contributed by atoms with E-state index in [1.165, 1.54) is 11.1 Å². The van der Waals surface area contributed by atoms with E-state index in [9.17, 15) is 0 Å². The first-order chi connectivity index (χ1) is 9.56. The molecule has 0 aliphatic carbocycles. The monoisotopic (exact) mass is 351 g/mol. The minimum absolute atomic E-state index is 0.582. The van der Waals surface area contributed by atoms with Crippen LogP contribution >= 0.6 is 27.5 Å². The number of rotatable bonds is 5. The van der Waals surface area contributed by atoms with Crippen LogP contribution < -0.4 is 5.32 Å². The second-order valence-electron chi connectivity index (χ2n) is 5.24. The van der Waals surface area contributed by atoms with Crippen LogP contribution in [0.2, 0.25) is 5.02 Å². The summed E-state index contributed by atoms with van der Waals surface area (Å²) in [5, 5.41) is 4.22. The summed E-state index contributed by atoms with van der Waals surface area (Å²) >= 11 is 9.61. The first kappa shape index (κ1) is 15.6. The van der Waals surface area contributed by atoms with Crippen LogP contribution in [0.3, 0.4) is 0 Å². The Morgan fingerprint density at radius 1 is 1.05 bits per heavy atom. The highest BCUT2D eigenvalue weighted by molar-refractivity contribution is 9.10. The van der Waals surface area contributed by atoms with E-state index in [1.807, 2.05) is 18.2 Å². The molecule has 0 aliphatic heterocycles. The summed E-state index contributed by atoms with van der Waals surface area (Å²) in [4.78, 5) is 0. The number of nitrogens with one attached hydrogen (secondary N) is 1. The van der Waals surface area contributed by atoms with Gasteiger partial charge in [0.25, 0.3) is 0 Å². The first-order valence-electron chi connectivity index (χ1n) is 6.79. The largest absolute Gasteiger partial charge is 0.309 e. The molecule has 0 amide bonds. The van der Waals surface area contributed by atoms with Gasteiger partial charge in [0.15, 0.2) is 0 Å². The Hall–Kier alpha value is -0.830. The van der Waals surface area contributed by atoms with E-state index in [1.54, 1.807) is 0 Å². The zero-order chi connectivity index (χ0) is 14.5. The molecule has 2 aromatic rings. The summed E-state index contributed by atoms with van der Waals surface area (Å²) in [6.45, 7) is 6.05. The van der Waals surface area contributed by atoms with Gasteiger partial charge >= 0.3 is 0 Å². The van der Waals surface area contributed by atoms with Crippen LogP contribution in [0.1, 0.15) is 36.5 Å². The molecular formula is C17H19BrClN. The standard InChI is InChI=1S/C17H19BrClN/c1-12(2)14-5-3-13(4-6-14)10-20-11-15-7-8-16(18)9-17(15)19/h3-9,12,20H,10-11H2,1-2H3. The van der Waals surface area contributed by atoms with Gasteiger partial charge in [-0.05, 0) is 34.7 Å². The fourth-order valence-electron chi connectivity index (χ4n) is 2.03. The molecule has 1 nitrogen and oxygen atoms in total. The van der Waals surface area contributed by atoms with Crippen LogP contribution in [0.25, 0.3) is 0 Å². The fraction of sp³-hybridized carbons (Fsp3) is 0.294. The van der Waals surface area contributed by atoms with Crippen molar-refractivity contribution in [2.75, 3.05) is 0 Å². The molecule has 3 heteroatoms. The average Bonchev–Trinajstić information content (AvgIpc) is 2.42. The molecule has 0 aliphatic rings. The predicted molar refractivity (Wildman–Crippen MR) is 90.2 cm³/mol. The van der Waals surface area contributed by atoms with Gasteiger partial charge in [0.05, 0.1) is 0 Å². The van der Waals surface area contributed by atoms with Crippen molar-refractivity contribution in [2.24, 2.45) is 0 Å². The molecule has 0 saturated carbocycles. The molecule has 0 atom stereocenters. The van der Waals surface area contributed by atoms with Crippen LogP contribution in [-0.4, -0.2) is 0 Å². The number of benzene rings is 2. The molecule has 0 fully saturated rings. The highest BCUT2D eigenvalue weighted by atomic mass is 79.9. The van der Waals surface area contributed by atoms with Gasteiger partial charge in [-0.1, -0.05) is 71.7 Å². The smallest absolute Gasteiger partial charge is 0.0462 e. The molecule has 0 aromatic heterocycles. The maximum atomic E-state index is 6.20. The zero-order valence-electron chi connectivity index (χ0n) is 11.8. The van der Waals surface area contributed by atoms with Crippen molar-refractivity contribution >= 4 is 27.5 Å². The lowest BCUT2D eigenvalue weighted by molar-refractivity contribution is 0.693. The predicted octanol–water partition coefficient (Wildman–Crippen LogP) is 5.52. The van der Waals surface area contributed by atoms with Crippen LogP contribution in [-0.2, 0) is 13.1 Å². The lowest BCUT2D eigenvalue weighted by Gasteiger charge is -2.09. The Morgan fingerprint density at radius 3 is 2.35 bits per heavy atom. The number of halogens is 2. The Kier molecular flexibility index (Phi) is 5.64. The van der Waals surface area contributed by atoms with Crippen LogP contribution in [0, 0.1) is 0 Å². The molecule has 106 valence electrons. The van der Waals surface area contributed by atoms with E-state index in [-0.39, 0.29) is 0 Å². The molecule has 0 bridgehead atoms. The third-order valence-electron chi connectivity index (χ3n) is 3.31. The molecule has 20 heavy (non-hydrogen) atoms. The second-order valence-corrected chi connectivity index (χ2v) is 6.56.